The van der Waals surface area contributed by atoms with Crippen molar-refractivity contribution >= 4 is 27.7 Å². The number of nitriles is 1. The zero-order valence-electron chi connectivity index (χ0n) is 12.0. The number of amides is 2. The van der Waals surface area contributed by atoms with Gasteiger partial charge >= 0.3 is 0 Å². The topological polar surface area (TPSA) is 73.8 Å². The predicted octanol–water partition coefficient (Wildman–Crippen LogP) is 1.86. The Kier molecular flexibility index (Phi) is 4.22. The fourth-order valence-electron chi connectivity index (χ4n) is 2.90. The largest absolute Gasteiger partial charge is 0.296 e. The number of piperidine rings is 1. The Balaban J connectivity index is 2.13. The lowest BCUT2D eigenvalue weighted by Crippen LogP contribution is -2.59. The maximum absolute atomic E-state index is 12.4. The Morgan fingerprint density at radius 1 is 1.04 bits per heavy atom. The van der Waals surface area contributed by atoms with Crippen molar-refractivity contribution in [2.24, 2.45) is 5.92 Å². The van der Waals surface area contributed by atoms with Crippen LogP contribution in [0.2, 0.25) is 0 Å². The number of nitrogens with one attached hydrogen (secondary N) is 1. The lowest BCUT2D eigenvalue weighted by Gasteiger charge is -2.30. The smallest absolute Gasteiger partial charge is 0.289 e. The van der Waals surface area contributed by atoms with Gasteiger partial charge in [0.1, 0.15) is 5.92 Å². The normalized spacial score (nSPS) is 23.9. The minimum absolute atomic E-state index is 0.398. The maximum Gasteiger partial charge on any atom is 0.296 e. The first-order chi connectivity index (χ1) is 11.1. The summed E-state index contributed by atoms with van der Waals surface area (Å²) in [6, 6.07) is 14.2. The fourth-order valence-corrected chi connectivity index (χ4v) is 3.16. The fraction of sp³-hybridized carbons (Fsp3) is 0.176. The number of rotatable bonds is 2. The molecule has 23 heavy (non-hydrogen) atoms. The summed E-state index contributed by atoms with van der Waals surface area (Å²) in [5.74, 6) is -2.41. The molecule has 5 nitrogen and oxygen atoms in total. The molecular formula is C17H13BrN3O2+. The molecule has 1 saturated heterocycles. The highest BCUT2D eigenvalue weighted by Gasteiger charge is 2.50. The molecule has 3 atom stereocenters. The minimum atomic E-state index is -0.924. The van der Waals surface area contributed by atoms with Crippen LogP contribution in [0, 0.1) is 17.2 Å². The Hall–Kier alpha value is -2.52. The second kappa shape index (κ2) is 6.31. The van der Waals surface area contributed by atoms with Gasteiger partial charge in [0, 0.05) is 16.6 Å². The summed E-state index contributed by atoms with van der Waals surface area (Å²) < 4.78 is 2.63. The molecule has 2 amide bonds. The van der Waals surface area contributed by atoms with Crippen LogP contribution in [0.5, 0.6) is 0 Å². The second-order valence-corrected chi connectivity index (χ2v) is 6.22. The van der Waals surface area contributed by atoms with Crippen LogP contribution >= 0.6 is 15.9 Å². The molecular weight excluding hydrogens is 358 g/mol. The van der Waals surface area contributed by atoms with Gasteiger partial charge in [-0.3, -0.25) is 14.9 Å². The molecule has 0 radical (unpaired) electrons. The zero-order valence-corrected chi connectivity index (χ0v) is 13.6. The highest BCUT2D eigenvalue weighted by Crippen LogP contribution is 2.36. The van der Waals surface area contributed by atoms with Crippen LogP contribution in [0.25, 0.3) is 0 Å². The number of hydrogen-bond acceptors (Lipinski definition) is 3. The first kappa shape index (κ1) is 15.4. The number of aromatic nitrogens is 1. The molecule has 3 rings (SSSR count). The first-order valence-corrected chi connectivity index (χ1v) is 7.86. The van der Waals surface area contributed by atoms with Gasteiger partial charge in [-0.25, -0.2) is 0 Å². The van der Waals surface area contributed by atoms with Crippen LogP contribution in [-0.4, -0.2) is 11.8 Å². The Morgan fingerprint density at radius 2 is 1.70 bits per heavy atom. The van der Waals surface area contributed by atoms with Gasteiger partial charge in [0.15, 0.2) is 12.4 Å². The zero-order chi connectivity index (χ0) is 16.4. The molecule has 1 fully saturated rings. The van der Waals surface area contributed by atoms with Crippen LogP contribution in [0.3, 0.4) is 0 Å². The minimum Gasteiger partial charge on any atom is -0.289 e. The molecule has 0 bridgehead atoms. The van der Waals surface area contributed by atoms with Crippen molar-refractivity contribution in [2.75, 3.05) is 0 Å². The number of benzene rings is 1. The van der Waals surface area contributed by atoms with Crippen molar-refractivity contribution in [3.05, 3.63) is 64.9 Å². The molecule has 1 aliphatic rings. The monoisotopic (exact) mass is 370 g/mol. The number of halogens is 1. The molecule has 6 heteroatoms. The van der Waals surface area contributed by atoms with E-state index in [9.17, 15) is 14.9 Å². The molecule has 1 aliphatic heterocycles. The van der Waals surface area contributed by atoms with E-state index in [0.717, 1.165) is 10.0 Å². The van der Waals surface area contributed by atoms with E-state index in [1.165, 1.54) is 0 Å². The summed E-state index contributed by atoms with van der Waals surface area (Å²) in [5.41, 5.74) is 0.782. The van der Waals surface area contributed by atoms with Crippen molar-refractivity contribution < 1.29 is 14.2 Å². The number of imide groups is 1. The van der Waals surface area contributed by atoms with E-state index in [4.69, 9.17) is 0 Å². The number of pyridine rings is 1. The second-order valence-electron chi connectivity index (χ2n) is 5.31. The van der Waals surface area contributed by atoms with E-state index in [-0.39, 0.29) is 0 Å². The van der Waals surface area contributed by atoms with Gasteiger partial charge in [-0.2, -0.15) is 9.83 Å². The summed E-state index contributed by atoms with van der Waals surface area (Å²) in [4.78, 5) is 24.5. The van der Waals surface area contributed by atoms with Gasteiger partial charge < -0.3 is 0 Å². The van der Waals surface area contributed by atoms with Crippen molar-refractivity contribution in [3.63, 3.8) is 0 Å². The van der Waals surface area contributed by atoms with Crippen LogP contribution < -0.4 is 9.88 Å². The molecule has 1 aromatic carbocycles. The summed E-state index contributed by atoms with van der Waals surface area (Å²) in [6.07, 6.45) is 3.53. The lowest BCUT2D eigenvalue weighted by atomic mass is 9.77. The van der Waals surface area contributed by atoms with Crippen molar-refractivity contribution in [1.82, 2.24) is 5.32 Å². The van der Waals surface area contributed by atoms with E-state index in [1.54, 1.807) is 17.0 Å². The molecule has 1 N–H and O–H groups in total. The van der Waals surface area contributed by atoms with E-state index in [1.807, 2.05) is 48.5 Å². The van der Waals surface area contributed by atoms with Gasteiger partial charge in [-0.1, -0.05) is 34.1 Å². The number of nitrogens with zero attached hydrogens (tertiary/aromatic N) is 2. The molecule has 0 spiro atoms. The van der Waals surface area contributed by atoms with Crippen LogP contribution in [0.15, 0.2) is 59.3 Å². The molecule has 114 valence electrons. The SMILES string of the molecule is N#C[C@@H]1C(=O)NC(=O)[C@@H]([n+]2ccccc2)[C@H]1c1ccc(Br)cc1. The van der Waals surface area contributed by atoms with Crippen molar-refractivity contribution in [1.29, 1.82) is 5.26 Å². The first-order valence-electron chi connectivity index (χ1n) is 7.07. The van der Waals surface area contributed by atoms with Crippen molar-refractivity contribution in [3.8, 4) is 6.07 Å². The molecule has 1 aromatic heterocycles. The van der Waals surface area contributed by atoms with Crippen LogP contribution in [-0.2, 0) is 9.59 Å². The highest BCUT2D eigenvalue weighted by atomic mass is 79.9. The van der Waals surface area contributed by atoms with Crippen LogP contribution in [0.4, 0.5) is 0 Å². The van der Waals surface area contributed by atoms with Gasteiger partial charge in [0.2, 0.25) is 11.9 Å². The summed E-state index contributed by atoms with van der Waals surface area (Å²) in [5, 5.41) is 11.8. The summed E-state index contributed by atoms with van der Waals surface area (Å²) >= 11 is 3.37. The van der Waals surface area contributed by atoms with E-state index in [0.29, 0.717) is 0 Å². The number of hydrogen-bond donors (Lipinski definition) is 1. The summed E-state index contributed by atoms with van der Waals surface area (Å²) in [6.45, 7) is 0. The Bertz CT molecular complexity index is 784. The van der Waals surface area contributed by atoms with Gasteiger partial charge in [0.05, 0.1) is 12.0 Å². The molecule has 2 aromatic rings. The maximum atomic E-state index is 12.4. The molecule has 0 saturated carbocycles. The van der Waals surface area contributed by atoms with Crippen LogP contribution in [0.1, 0.15) is 17.5 Å². The average Bonchev–Trinajstić information content (AvgIpc) is 2.56. The molecule has 2 heterocycles. The summed E-state index contributed by atoms with van der Waals surface area (Å²) in [7, 11) is 0. The van der Waals surface area contributed by atoms with Crippen molar-refractivity contribution in [2.45, 2.75) is 12.0 Å². The third-order valence-electron chi connectivity index (χ3n) is 3.95. The Morgan fingerprint density at radius 3 is 2.30 bits per heavy atom. The Labute approximate surface area is 141 Å². The van der Waals surface area contributed by atoms with Gasteiger partial charge in [-0.05, 0) is 17.7 Å². The molecule has 0 aliphatic carbocycles. The average molecular weight is 371 g/mol. The third kappa shape index (κ3) is 2.88. The third-order valence-corrected chi connectivity index (χ3v) is 4.48. The van der Waals surface area contributed by atoms with E-state index in [2.05, 4.69) is 21.2 Å². The van der Waals surface area contributed by atoms with Gasteiger partial charge in [0.25, 0.3) is 5.91 Å². The number of carbonyl (C=O) groups is 2. The van der Waals surface area contributed by atoms with E-state index < -0.39 is 29.7 Å². The molecule has 0 unspecified atom stereocenters. The predicted molar refractivity (Wildman–Crippen MR) is 84.8 cm³/mol. The quantitative estimate of drug-likeness (QED) is 0.647. The standard InChI is InChI=1S/C17H12BrN3O2/c18-12-6-4-11(5-7-12)14-13(10-19)16(22)20-17(23)15(14)21-8-2-1-3-9-21/h1-9,13-15H/p+1/t13-,14-,15-/m0/s1. The lowest BCUT2D eigenvalue weighted by molar-refractivity contribution is -0.713. The van der Waals surface area contributed by atoms with E-state index >= 15 is 0 Å². The number of carbonyl (C=O) groups excluding carboxylic acids is 2. The highest BCUT2D eigenvalue weighted by molar-refractivity contribution is 9.10. The van der Waals surface area contributed by atoms with Gasteiger partial charge in [-0.15, -0.1) is 0 Å².